The lowest BCUT2D eigenvalue weighted by molar-refractivity contribution is -0.135. The molecule has 2 aromatic rings. The van der Waals surface area contributed by atoms with E-state index in [1.807, 2.05) is 19.3 Å². The van der Waals surface area contributed by atoms with Gasteiger partial charge in [-0.25, -0.2) is 0 Å². The molecule has 0 N–H and O–H groups in total. The molecule has 0 saturated carbocycles. The first-order valence-electron chi connectivity index (χ1n) is 7.72. The van der Waals surface area contributed by atoms with Crippen LogP contribution in [0.3, 0.4) is 0 Å². The number of aromatic nitrogens is 2. The number of hydrogen-bond donors (Lipinski definition) is 0. The Kier molecular flexibility index (Phi) is 4.57. The molecule has 6 nitrogen and oxygen atoms in total. The zero-order chi connectivity index (χ0) is 17.3. The maximum absolute atomic E-state index is 12.6. The zero-order valence-electron chi connectivity index (χ0n) is 13.6. The van der Waals surface area contributed by atoms with Crippen LogP contribution < -0.4 is 4.90 Å². The molecule has 2 amide bonds. The third-order valence-electron chi connectivity index (χ3n) is 4.15. The van der Waals surface area contributed by atoms with E-state index < -0.39 is 0 Å². The topological polar surface area (TPSA) is 58.4 Å². The average molecular weight is 347 g/mol. The van der Waals surface area contributed by atoms with Crippen molar-refractivity contribution in [2.24, 2.45) is 13.0 Å². The van der Waals surface area contributed by atoms with Crippen LogP contribution in [0.1, 0.15) is 12.0 Å². The first-order valence-corrected chi connectivity index (χ1v) is 8.10. The highest BCUT2D eigenvalue weighted by atomic mass is 35.5. The van der Waals surface area contributed by atoms with Crippen molar-refractivity contribution in [1.29, 1.82) is 0 Å². The summed E-state index contributed by atoms with van der Waals surface area (Å²) in [7, 11) is 3.59. The molecule has 1 saturated heterocycles. The van der Waals surface area contributed by atoms with Crippen molar-refractivity contribution in [2.75, 3.05) is 18.5 Å². The summed E-state index contributed by atoms with van der Waals surface area (Å²) in [6.07, 6.45) is 3.84. The second kappa shape index (κ2) is 6.65. The lowest BCUT2D eigenvalue weighted by Gasteiger charge is -2.21. The van der Waals surface area contributed by atoms with Gasteiger partial charge in [-0.2, -0.15) is 5.10 Å². The summed E-state index contributed by atoms with van der Waals surface area (Å²) in [4.78, 5) is 28.2. The van der Waals surface area contributed by atoms with Gasteiger partial charge in [0.05, 0.1) is 12.1 Å². The zero-order valence-corrected chi connectivity index (χ0v) is 14.4. The molecule has 1 fully saturated rings. The number of hydrogen-bond acceptors (Lipinski definition) is 3. The van der Waals surface area contributed by atoms with Crippen LogP contribution in [0.2, 0.25) is 5.02 Å². The molecule has 24 heavy (non-hydrogen) atoms. The molecule has 3 rings (SSSR count). The van der Waals surface area contributed by atoms with E-state index in [2.05, 4.69) is 5.10 Å². The Labute approximate surface area is 145 Å². The Morgan fingerprint density at radius 1 is 1.46 bits per heavy atom. The van der Waals surface area contributed by atoms with Crippen LogP contribution in [0.25, 0.3) is 0 Å². The summed E-state index contributed by atoms with van der Waals surface area (Å²) in [6, 6.07) is 7.13. The van der Waals surface area contributed by atoms with Gasteiger partial charge in [0.1, 0.15) is 0 Å². The Morgan fingerprint density at radius 3 is 2.92 bits per heavy atom. The fourth-order valence-electron chi connectivity index (χ4n) is 2.98. The van der Waals surface area contributed by atoms with Crippen molar-refractivity contribution in [3.05, 3.63) is 47.2 Å². The van der Waals surface area contributed by atoms with Crippen LogP contribution in [-0.2, 0) is 23.2 Å². The van der Waals surface area contributed by atoms with Crippen LogP contribution in [0, 0.1) is 5.92 Å². The van der Waals surface area contributed by atoms with Gasteiger partial charge in [0.2, 0.25) is 11.8 Å². The summed E-state index contributed by atoms with van der Waals surface area (Å²) in [5.41, 5.74) is 1.70. The molecule has 7 heteroatoms. The highest BCUT2D eigenvalue weighted by Gasteiger charge is 2.36. The minimum atomic E-state index is -0.335. The van der Waals surface area contributed by atoms with Crippen LogP contribution >= 0.6 is 11.6 Å². The highest BCUT2D eigenvalue weighted by molar-refractivity contribution is 6.30. The van der Waals surface area contributed by atoms with Crippen molar-refractivity contribution in [3.63, 3.8) is 0 Å². The van der Waals surface area contributed by atoms with Crippen molar-refractivity contribution in [1.82, 2.24) is 14.7 Å². The largest absolute Gasteiger partial charge is 0.341 e. The van der Waals surface area contributed by atoms with E-state index in [1.54, 1.807) is 45.9 Å². The maximum atomic E-state index is 12.6. The van der Waals surface area contributed by atoms with E-state index in [0.29, 0.717) is 18.1 Å². The molecule has 1 aromatic heterocycles. The van der Waals surface area contributed by atoms with E-state index in [1.165, 1.54) is 0 Å². The van der Waals surface area contributed by atoms with Gasteiger partial charge in [0.25, 0.3) is 0 Å². The van der Waals surface area contributed by atoms with Gasteiger partial charge in [0.15, 0.2) is 0 Å². The minimum Gasteiger partial charge on any atom is -0.341 e. The summed E-state index contributed by atoms with van der Waals surface area (Å²) in [6.45, 7) is 0.865. The monoisotopic (exact) mass is 346 g/mol. The molecule has 0 aliphatic carbocycles. The third-order valence-corrected chi connectivity index (χ3v) is 4.38. The Hall–Kier alpha value is -2.34. The molecule has 1 atom stereocenters. The Bertz CT molecular complexity index is 773. The summed E-state index contributed by atoms with van der Waals surface area (Å²) in [5.74, 6) is -0.416. The van der Waals surface area contributed by atoms with Crippen LogP contribution in [0.4, 0.5) is 5.69 Å². The lowest BCUT2D eigenvalue weighted by Crippen LogP contribution is -2.34. The molecule has 1 aliphatic rings. The van der Waals surface area contributed by atoms with E-state index in [9.17, 15) is 9.59 Å². The van der Waals surface area contributed by atoms with Gasteiger partial charge in [-0.1, -0.05) is 17.7 Å². The fourth-order valence-corrected chi connectivity index (χ4v) is 3.17. The highest BCUT2D eigenvalue weighted by Crippen LogP contribution is 2.28. The van der Waals surface area contributed by atoms with Gasteiger partial charge in [0, 0.05) is 56.1 Å². The number of nitrogens with zero attached hydrogens (tertiary/aromatic N) is 4. The second-order valence-electron chi connectivity index (χ2n) is 6.10. The van der Waals surface area contributed by atoms with Crippen molar-refractivity contribution < 1.29 is 9.59 Å². The van der Waals surface area contributed by atoms with E-state index >= 15 is 0 Å². The van der Waals surface area contributed by atoms with Crippen LogP contribution in [0.15, 0.2) is 36.7 Å². The SMILES string of the molecule is CN(Cc1cnn(C)c1)C(=O)[C@H]1CC(=O)N(c2cccc(Cl)c2)C1. The van der Waals surface area contributed by atoms with Crippen molar-refractivity contribution >= 4 is 29.1 Å². The van der Waals surface area contributed by atoms with Gasteiger partial charge in [-0.05, 0) is 18.2 Å². The average Bonchev–Trinajstić information content (AvgIpc) is 3.12. The molecular formula is C17H19ClN4O2. The van der Waals surface area contributed by atoms with Gasteiger partial charge in [-0.3, -0.25) is 14.3 Å². The molecule has 1 aromatic carbocycles. The van der Waals surface area contributed by atoms with Crippen LogP contribution in [0.5, 0.6) is 0 Å². The number of anilines is 1. The standard InChI is InChI=1S/C17H19ClN4O2/c1-20(9-12-8-19-21(2)10-12)17(24)13-6-16(23)22(11-13)15-5-3-4-14(18)7-15/h3-5,7-8,10,13H,6,9,11H2,1-2H3/t13-/m0/s1. The molecule has 0 spiro atoms. The molecule has 2 heterocycles. The fraction of sp³-hybridized carbons (Fsp3) is 0.353. The Morgan fingerprint density at radius 2 is 2.25 bits per heavy atom. The van der Waals surface area contributed by atoms with E-state index in [0.717, 1.165) is 11.3 Å². The second-order valence-corrected chi connectivity index (χ2v) is 6.54. The number of halogens is 1. The summed E-state index contributed by atoms with van der Waals surface area (Å²) in [5, 5.41) is 4.68. The lowest BCUT2D eigenvalue weighted by atomic mass is 10.1. The predicted octanol–water partition coefficient (Wildman–Crippen LogP) is 2.08. The molecule has 0 radical (unpaired) electrons. The number of amides is 2. The quantitative estimate of drug-likeness (QED) is 0.851. The summed E-state index contributed by atoms with van der Waals surface area (Å²) < 4.78 is 1.70. The van der Waals surface area contributed by atoms with Crippen molar-refractivity contribution in [2.45, 2.75) is 13.0 Å². The number of benzene rings is 1. The Balaban J connectivity index is 1.67. The van der Waals surface area contributed by atoms with Gasteiger partial charge >= 0.3 is 0 Å². The van der Waals surface area contributed by atoms with E-state index in [-0.39, 0.29) is 24.2 Å². The first-order chi connectivity index (χ1) is 11.4. The number of aryl methyl sites for hydroxylation is 1. The van der Waals surface area contributed by atoms with E-state index in [4.69, 9.17) is 11.6 Å². The summed E-state index contributed by atoms with van der Waals surface area (Å²) >= 11 is 5.99. The number of carbonyl (C=O) groups excluding carboxylic acids is 2. The number of carbonyl (C=O) groups is 2. The first kappa shape index (κ1) is 16.5. The molecular weight excluding hydrogens is 328 g/mol. The number of rotatable bonds is 4. The normalized spacial score (nSPS) is 17.4. The molecule has 0 bridgehead atoms. The molecule has 1 aliphatic heterocycles. The van der Waals surface area contributed by atoms with Gasteiger partial charge < -0.3 is 9.80 Å². The maximum Gasteiger partial charge on any atom is 0.228 e. The van der Waals surface area contributed by atoms with Crippen molar-refractivity contribution in [3.8, 4) is 0 Å². The minimum absolute atomic E-state index is 0.0308. The molecule has 126 valence electrons. The van der Waals surface area contributed by atoms with Gasteiger partial charge in [-0.15, -0.1) is 0 Å². The third kappa shape index (κ3) is 3.43. The smallest absolute Gasteiger partial charge is 0.228 e. The predicted molar refractivity (Wildman–Crippen MR) is 91.6 cm³/mol. The van der Waals surface area contributed by atoms with Crippen LogP contribution in [-0.4, -0.2) is 40.1 Å². The molecule has 0 unspecified atom stereocenters.